The summed E-state index contributed by atoms with van der Waals surface area (Å²) in [7, 11) is 0. The summed E-state index contributed by atoms with van der Waals surface area (Å²) in [6.07, 6.45) is 0. The van der Waals surface area contributed by atoms with Crippen molar-refractivity contribution in [2.24, 2.45) is 0 Å². The summed E-state index contributed by atoms with van der Waals surface area (Å²) in [4.78, 5) is 13.9. The van der Waals surface area contributed by atoms with Crippen LogP contribution in [-0.2, 0) is 11.3 Å². The Kier molecular flexibility index (Phi) is 2.23. The zero-order chi connectivity index (χ0) is 9.97. The van der Waals surface area contributed by atoms with E-state index in [0.29, 0.717) is 6.54 Å². The number of para-hydroxylation sites is 1. The van der Waals surface area contributed by atoms with E-state index in [0.717, 1.165) is 11.2 Å². The number of H-pyrrole nitrogens is 1. The van der Waals surface area contributed by atoms with Gasteiger partial charge in [0.05, 0.1) is 6.54 Å². The summed E-state index contributed by atoms with van der Waals surface area (Å²) in [6.45, 7) is 2.08. The maximum absolute atomic E-state index is 10.7. The number of amides is 1. The second-order valence-electron chi connectivity index (χ2n) is 3.29. The predicted octanol–water partition coefficient (Wildman–Crippen LogP) is 1.80. The lowest BCUT2D eigenvalue weighted by molar-refractivity contribution is -0.119. The van der Waals surface area contributed by atoms with Gasteiger partial charge in [0.15, 0.2) is 0 Å². The summed E-state index contributed by atoms with van der Waals surface area (Å²) < 4.78 is 0. The second-order valence-corrected chi connectivity index (χ2v) is 3.29. The Hall–Kier alpha value is -1.77. The van der Waals surface area contributed by atoms with Crippen molar-refractivity contribution in [3.63, 3.8) is 0 Å². The molecule has 0 bridgehead atoms. The molecule has 2 aromatic rings. The van der Waals surface area contributed by atoms with Crippen LogP contribution in [0.5, 0.6) is 0 Å². The zero-order valence-electron chi connectivity index (χ0n) is 8.00. The maximum atomic E-state index is 10.7. The van der Waals surface area contributed by atoms with Crippen LogP contribution in [0.3, 0.4) is 0 Å². The summed E-state index contributed by atoms with van der Waals surface area (Å²) in [5, 5.41) is 3.93. The molecule has 2 N–H and O–H groups in total. The van der Waals surface area contributed by atoms with Gasteiger partial charge in [0.2, 0.25) is 5.91 Å². The lowest BCUT2D eigenvalue weighted by atomic mass is 10.2. The average molecular weight is 188 g/mol. The summed E-state index contributed by atoms with van der Waals surface area (Å²) >= 11 is 0. The van der Waals surface area contributed by atoms with E-state index >= 15 is 0 Å². The number of rotatable bonds is 2. The van der Waals surface area contributed by atoms with Crippen LogP contribution >= 0.6 is 0 Å². The number of carbonyl (C=O) groups is 1. The largest absolute Gasteiger partial charge is 0.357 e. The van der Waals surface area contributed by atoms with Crippen LogP contribution in [0.1, 0.15) is 12.6 Å². The SMILES string of the molecule is CC(=O)NCc1cc2ccccc2[nH]1. The molecule has 0 radical (unpaired) electrons. The predicted molar refractivity (Wildman–Crippen MR) is 55.8 cm³/mol. The highest BCUT2D eigenvalue weighted by Crippen LogP contribution is 2.14. The van der Waals surface area contributed by atoms with Crippen LogP contribution in [0, 0.1) is 0 Å². The van der Waals surface area contributed by atoms with Crippen molar-refractivity contribution >= 4 is 16.8 Å². The van der Waals surface area contributed by atoms with Crippen molar-refractivity contribution in [1.29, 1.82) is 0 Å². The molecule has 1 amide bonds. The highest BCUT2D eigenvalue weighted by atomic mass is 16.1. The summed E-state index contributed by atoms with van der Waals surface area (Å²) in [6, 6.07) is 10.1. The quantitative estimate of drug-likeness (QED) is 0.741. The lowest BCUT2D eigenvalue weighted by Crippen LogP contribution is -2.18. The molecule has 0 unspecified atom stereocenters. The molecule has 1 aromatic heterocycles. The van der Waals surface area contributed by atoms with Crippen LogP contribution in [0.25, 0.3) is 10.9 Å². The van der Waals surface area contributed by atoms with Crippen molar-refractivity contribution in [1.82, 2.24) is 10.3 Å². The van der Waals surface area contributed by atoms with E-state index in [2.05, 4.69) is 10.3 Å². The van der Waals surface area contributed by atoms with Crippen molar-refractivity contribution in [2.75, 3.05) is 0 Å². The Balaban J connectivity index is 2.22. The van der Waals surface area contributed by atoms with Gasteiger partial charge in [-0.25, -0.2) is 0 Å². The highest BCUT2D eigenvalue weighted by molar-refractivity contribution is 5.80. The molecule has 72 valence electrons. The van der Waals surface area contributed by atoms with Crippen LogP contribution < -0.4 is 5.32 Å². The molecule has 1 aromatic carbocycles. The fourth-order valence-electron chi connectivity index (χ4n) is 1.45. The normalized spacial score (nSPS) is 10.4. The number of hydrogen-bond acceptors (Lipinski definition) is 1. The first kappa shape index (κ1) is 8.81. The van der Waals surface area contributed by atoms with Gasteiger partial charge in [-0.3, -0.25) is 4.79 Å². The minimum absolute atomic E-state index is 0.0105. The molecule has 0 atom stereocenters. The molecule has 1 heterocycles. The number of aromatic amines is 1. The van der Waals surface area contributed by atoms with Gasteiger partial charge in [-0.1, -0.05) is 18.2 Å². The van der Waals surface area contributed by atoms with E-state index in [9.17, 15) is 4.79 Å². The fraction of sp³-hybridized carbons (Fsp3) is 0.182. The van der Waals surface area contributed by atoms with E-state index < -0.39 is 0 Å². The van der Waals surface area contributed by atoms with E-state index in [4.69, 9.17) is 0 Å². The van der Waals surface area contributed by atoms with Gasteiger partial charge >= 0.3 is 0 Å². The Morgan fingerprint density at radius 1 is 1.43 bits per heavy atom. The van der Waals surface area contributed by atoms with E-state index in [1.165, 1.54) is 12.3 Å². The molecule has 0 aliphatic carbocycles. The molecule has 3 heteroatoms. The molecule has 0 saturated heterocycles. The molecule has 0 saturated carbocycles. The highest BCUT2D eigenvalue weighted by Gasteiger charge is 1.99. The standard InChI is InChI=1S/C11H12N2O/c1-8(14)12-7-10-6-9-4-2-3-5-11(9)13-10/h2-6,13H,7H2,1H3,(H,12,14). The maximum Gasteiger partial charge on any atom is 0.217 e. The minimum atomic E-state index is -0.0105. The van der Waals surface area contributed by atoms with Gasteiger partial charge in [-0.15, -0.1) is 0 Å². The third-order valence-electron chi connectivity index (χ3n) is 2.11. The molecular formula is C11H12N2O. The number of hydrogen-bond donors (Lipinski definition) is 2. The average Bonchev–Trinajstić information content (AvgIpc) is 2.57. The van der Waals surface area contributed by atoms with Crippen molar-refractivity contribution in [2.45, 2.75) is 13.5 Å². The van der Waals surface area contributed by atoms with Crippen LogP contribution in [0.4, 0.5) is 0 Å². The van der Waals surface area contributed by atoms with Gasteiger partial charge in [0.25, 0.3) is 0 Å². The molecular weight excluding hydrogens is 176 g/mol. The molecule has 0 aliphatic rings. The van der Waals surface area contributed by atoms with E-state index in [1.54, 1.807) is 0 Å². The Labute approximate surface area is 82.1 Å². The molecule has 0 spiro atoms. The molecule has 0 fully saturated rings. The van der Waals surface area contributed by atoms with Crippen molar-refractivity contribution < 1.29 is 4.79 Å². The van der Waals surface area contributed by atoms with Crippen molar-refractivity contribution in [3.8, 4) is 0 Å². The van der Waals surface area contributed by atoms with E-state index in [1.807, 2.05) is 30.3 Å². The zero-order valence-corrected chi connectivity index (χ0v) is 8.00. The summed E-state index contributed by atoms with van der Waals surface area (Å²) in [5.41, 5.74) is 2.13. The number of carbonyl (C=O) groups excluding carboxylic acids is 1. The Morgan fingerprint density at radius 3 is 2.93 bits per heavy atom. The molecule has 0 aliphatic heterocycles. The molecule has 2 rings (SSSR count). The minimum Gasteiger partial charge on any atom is -0.357 e. The second kappa shape index (κ2) is 3.54. The van der Waals surface area contributed by atoms with Crippen LogP contribution in [-0.4, -0.2) is 10.9 Å². The molecule has 3 nitrogen and oxygen atoms in total. The van der Waals surface area contributed by atoms with Gasteiger partial charge in [-0.05, 0) is 17.5 Å². The Morgan fingerprint density at radius 2 is 2.21 bits per heavy atom. The van der Waals surface area contributed by atoms with Crippen LogP contribution in [0.2, 0.25) is 0 Å². The molecule has 14 heavy (non-hydrogen) atoms. The van der Waals surface area contributed by atoms with Gasteiger partial charge < -0.3 is 10.3 Å². The van der Waals surface area contributed by atoms with Gasteiger partial charge in [-0.2, -0.15) is 0 Å². The number of aromatic nitrogens is 1. The van der Waals surface area contributed by atoms with Gasteiger partial charge in [0, 0.05) is 18.1 Å². The summed E-state index contributed by atoms with van der Waals surface area (Å²) in [5.74, 6) is -0.0105. The van der Waals surface area contributed by atoms with Crippen molar-refractivity contribution in [3.05, 3.63) is 36.0 Å². The topological polar surface area (TPSA) is 44.9 Å². The third-order valence-corrected chi connectivity index (χ3v) is 2.11. The van der Waals surface area contributed by atoms with Gasteiger partial charge in [0.1, 0.15) is 0 Å². The Bertz CT molecular complexity index is 426. The first-order chi connectivity index (χ1) is 6.75. The van der Waals surface area contributed by atoms with E-state index in [-0.39, 0.29) is 5.91 Å². The number of benzene rings is 1. The third kappa shape index (κ3) is 1.76. The first-order valence-electron chi connectivity index (χ1n) is 4.57. The monoisotopic (exact) mass is 188 g/mol. The van der Waals surface area contributed by atoms with Crippen LogP contribution in [0.15, 0.2) is 30.3 Å². The smallest absolute Gasteiger partial charge is 0.217 e. The first-order valence-corrected chi connectivity index (χ1v) is 4.57. The lowest BCUT2D eigenvalue weighted by Gasteiger charge is -1.97. The number of fused-ring (bicyclic) bond motifs is 1. The fourth-order valence-corrected chi connectivity index (χ4v) is 1.45. The number of nitrogens with one attached hydrogen (secondary N) is 2.